The number of fused-ring (bicyclic) bond motifs is 2. The average molecular weight is 440 g/mol. The molecule has 0 N–H and O–H groups in total. The molecule has 7 heteroatoms. The van der Waals surface area contributed by atoms with Crippen LogP contribution in [0.2, 0.25) is 0 Å². The van der Waals surface area contributed by atoms with E-state index in [2.05, 4.69) is 4.98 Å². The summed E-state index contributed by atoms with van der Waals surface area (Å²) in [5.74, 6) is -0.513. The maximum absolute atomic E-state index is 13.7. The monoisotopic (exact) mass is 440 g/mol. The van der Waals surface area contributed by atoms with Crippen LogP contribution in [0.15, 0.2) is 70.0 Å². The molecule has 1 aliphatic rings. The summed E-state index contributed by atoms with van der Waals surface area (Å²) < 4.78 is 10.8. The molecule has 2 aromatic heterocycles. The van der Waals surface area contributed by atoms with Crippen LogP contribution < -0.4 is 10.3 Å². The summed E-state index contributed by atoms with van der Waals surface area (Å²) in [7, 11) is 1.31. The third kappa shape index (κ3) is 3.20. The molecular formula is C26H20N2O5. The number of benzene rings is 2. The SMILES string of the molecule is COC(=O)c1ccc([C@@H]2c3c(oc4cc(C)c(C)cc4c3=O)C(=O)N2c2ccccn2)cc1. The van der Waals surface area contributed by atoms with Crippen molar-refractivity contribution >= 4 is 28.7 Å². The number of esters is 1. The maximum Gasteiger partial charge on any atom is 0.337 e. The topological polar surface area (TPSA) is 89.7 Å². The van der Waals surface area contributed by atoms with Crippen molar-refractivity contribution in [1.82, 2.24) is 4.98 Å². The van der Waals surface area contributed by atoms with Crippen LogP contribution >= 0.6 is 0 Å². The van der Waals surface area contributed by atoms with Gasteiger partial charge in [-0.15, -0.1) is 0 Å². The first-order valence-electron chi connectivity index (χ1n) is 10.4. The molecule has 164 valence electrons. The van der Waals surface area contributed by atoms with Gasteiger partial charge in [0, 0.05) is 6.20 Å². The summed E-state index contributed by atoms with van der Waals surface area (Å²) in [4.78, 5) is 44.9. The molecule has 0 unspecified atom stereocenters. The van der Waals surface area contributed by atoms with Crippen LogP contribution in [0.4, 0.5) is 5.82 Å². The van der Waals surface area contributed by atoms with Crippen LogP contribution in [0.1, 0.15) is 49.2 Å². The van der Waals surface area contributed by atoms with Crippen molar-refractivity contribution in [1.29, 1.82) is 0 Å². The number of ether oxygens (including phenoxy) is 1. The Bertz CT molecular complexity index is 1470. The minimum Gasteiger partial charge on any atom is -0.465 e. The molecule has 0 radical (unpaired) electrons. The molecule has 3 heterocycles. The predicted molar refractivity (Wildman–Crippen MR) is 123 cm³/mol. The summed E-state index contributed by atoms with van der Waals surface area (Å²) in [5.41, 5.74) is 3.31. The van der Waals surface area contributed by atoms with Crippen molar-refractivity contribution in [2.75, 3.05) is 12.0 Å². The van der Waals surface area contributed by atoms with Gasteiger partial charge in [0.2, 0.25) is 5.76 Å². The molecule has 0 aliphatic carbocycles. The van der Waals surface area contributed by atoms with E-state index in [4.69, 9.17) is 9.15 Å². The van der Waals surface area contributed by atoms with E-state index >= 15 is 0 Å². The quantitative estimate of drug-likeness (QED) is 0.440. The largest absolute Gasteiger partial charge is 0.465 e. The second kappa shape index (κ2) is 7.70. The van der Waals surface area contributed by atoms with E-state index in [-0.39, 0.29) is 16.8 Å². The molecule has 0 fully saturated rings. The normalized spacial score (nSPS) is 15.1. The average Bonchev–Trinajstić information content (AvgIpc) is 3.13. The number of carbonyl (C=O) groups is 2. The highest BCUT2D eigenvalue weighted by Crippen LogP contribution is 2.40. The fourth-order valence-corrected chi connectivity index (χ4v) is 4.20. The van der Waals surface area contributed by atoms with Gasteiger partial charge in [0.15, 0.2) is 5.43 Å². The van der Waals surface area contributed by atoms with Crippen LogP contribution in [0.5, 0.6) is 0 Å². The first-order chi connectivity index (χ1) is 15.9. The Labute approximate surface area is 189 Å². The van der Waals surface area contributed by atoms with Crippen LogP contribution in [-0.4, -0.2) is 24.0 Å². The summed E-state index contributed by atoms with van der Waals surface area (Å²) in [6, 6.07) is 14.7. The van der Waals surface area contributed by atoms with Crippen molar-refractivity contribution in [2.45, 2.75) is 19.9 Å². The third-order valence-electron chi connectivity index (χ3n) is 6.03. The Morgan fingerprint density at radius 3 is 2.42 bits per heavy atom. The molecular weight excluding hydrogens is 420 g/mol. The van der Waals surface area contributed by atoms with E-state index in [0.717, 1.165) is 11.1 Å². The predicted octanol–water partition coefficient (Wildman–Crippen LogP) is 4.34. The number of aromatic nitrogens is 1. The highest BCUT2D eigenvalue weighted by Gasteiger charge is 2.44. The Hall–Kier alpha value is -4.26. The molecule has 0 saturated carbocycles. The van der Waals surface area contributed by atoms with Gasteiger partial charge in [0.1, 0.15) is 11.4 Å². The van der Waals surface area contributed by atoms with Gasteiger partial charge in [-0.1, -0.05) is 18.2 Å². The Kier molecular flexibility index (Phi) is 4.82. The Morgan fingerprint density at radius 1 is 1.03 bits per heavy atom. The molecule has 2 aromatic carbocycles. The van der Waals surface area contributed by atoms with Crippen molar-refractivity contribution in [3.63, 3.8) is 0 Å². The Balaban J connectivity index is 1.77. The number of methoxy groups -OCH3 is 1. The zero-order chi connectivity index (χ0) is 23.3. The number of hydrogen-bond acceptors (Lipinski definition) is 6. The van der Waals surface area contributed by atoms with Gasteiger partial charge in [-0.25, -0.2) is 9.78 Å². The van der Waals surface area contributed by atoms with E-state index in [0.29, 0.717) is 27.9 Å². The van der Waals surface area contributed by atoms with Gasteiger partial charge < -0.3 is 9.15 Å². The first-order valence-corrected chi connectivity index (χ1v) is 10.4. The lowest BCUT2D eigenvalue weighted by atomic mass is 9.96. The van der Waals surface area contributed by atoms with Crippen molar-refractivity contribution < 1.29 is 18.7 Å². The molecule has 1 amide bonds. The smallest absolute Gasteiger partial charge is 0.337 e. The van der Waals surface area contributed by atoms with Crippen molar-refractivity contribution in [2.24, 2.45) is 0 Å². The number of rotatable bonds is 3. The third-order valence-corrected chi connectivity index (χ3v) is 6.03. The molecule has 4 aromatic rings. The van der Waals surface area contributed by atoms with Gasteiger partial charge >= 0.3 is 5.97 Å². The van der Waals surface area contributed by atoms with Gasteiger partial charge in [-0.3, -0.25) is 14.5 Å². The molecule has 1 atom stereocenters. The molecule has 0 bridgehead atoms. The van der Waals surface area contributed by atoms with Crippen molar-refractivity contribution in [3.8, 4) is 0 Å². The number of amides is 1. The van der Waals surface area contributed by atoms with Crippen LogP contribution in [0.3, 0.4) is 0 Å². The fraction of sp³-hybridized carbons (Fsp3) is 0.154. The second-order valence-corrected chi connectivity index (χ2v) is 7.99. The Morgan fingerprint density at radius 2 is 1.76 bits per heavy atom. The highest BCUT2D eigenvalue weighted by atomic mass is 16.5. The van der Waals surface area contributed by atoms with E-state index in [1.807, 2.05) is 13.8 Å². The minimum absolute atomic E-state index is 0.00319. The lowest BCUT2D eigenvalue weighted by Gasteiger charge is -2.24. The first kappa shape index (κ1) is 20.6. The van der Waals surface area contributed by atoms with E-state index in [9.17, 15) is 14.4 Å². The van der Waals surface area contributed by atoms with Crippen LogP contribution in [0, 0.1) is 13.8 Å². The van der Waals surface area contributed by atoms with E-state index in [1.165, 1.54) is 12.0 Å². The maximum atomic E-state index is 13.7. The number of aryl methyl sites for hydroxylation is 2. The van der Waals surface area contributed by atoms with Gasteiger partial charge in [0.25, 0.3) is 5.91 Å². The van der Waals surface area contributed by atoms with Crippen LogP contribution in [0.25, 0.3) is 11.0 Å². The zero-order valence-electron chi connectivity index (χ0n) is 18.3. The number of carbonyl (C=O) groups excluding carboxylic acids is 2. The van der Waals surface area contributed by atoms with Gasteiger partial charge in [0.05, 0.1) is 29.7 Å². The van der Waals surface area contributed by atoms with Gasteiger partial charge in [-0.2, -0.15) is 0 Å². The number of pyridine rings is 1. The zero-order valence-corrected chi connectivity index (χ0v) is 18.3. The standard InChI is InChI=1S/C26H20N2O5/c1-14-12-18-19(13-15(14)2)33-24-21(23(18)29)22(16-7-9-17(10-8-16)26(31)32-3)28(25(24)30)20-6-4-5-11-27-20/h4-13,22H,1-3H3/t22-/m1/s1. The molecule has 7 nitrogen and oxygen atoms in total. The molecule has 5 rings (SSSR count). The molecule has 1 aliphatic heterocycles. The summed E-state index contributed by atoms with van der Waals surface area (Å²) in [6.07, 6.45) is 1.58. The second-order valence-electron chi connectivity index (χ2n) is 7.99. The summed E-state index contributed by atoms with van der Waals surface area (Å²) >= 11 is 0. The van der Waals surface area contributed by atoms with Crippen LogP contribution in [-0.2, 0) is 4.74 Å². The minimum atomic E-state index is -0.753. The lowest BCUT2D eigenvalue weighted by molar-refractivity contribution is 0.0600. The highest BCUT2D eigenvalue weighted by molar-refractivity contribution is 6.10. The fourth-order valence-electron chi connectivity index (χ4n) is 4.20. The van der Waals surface area contributed by atoms with Crippen molar-refractivity contribution in [3.05, 3.63) is 105 Å². The van der Waals surface area contributed by atoms with E-state index in [1.54, 1.807) is 60.8 Å². The lowest BCUT2D eigenvalue weighted by Crippen LogP contribution is -2.30. The molecule has 0 saturated heterocycles. The number of hydrogen-bond donors (Lipinski definition) is 0. The molecule has 0 spiro atoms. The van der Waals surface area contributed by atoms with E-state index < -0.39 is 17.9 Å². The number of nitrogens with zero attached hydrogens (tertiary/aromatic N) is 2. The summed E-state index contributed by atoms with van der Waals surface area (Å²) in [5, 5.41) is 0.420. The number of anilines is 1. The summed E-state index contributed by atoms with van der Waals surface area (Å²) in [6.45, 7) is 3.85. The molecule has 33 heavy (non-hydrogen) atoms. The van der Waals surface area contributed by atoms with Gasteiger partial charge in [-0.05, 0) is 66.9 Å².